The van der Waals surface area contributed by atoms with E-state index in [1.165, 1.54) is 0 Å². The molecule has 1 saturated heterocycles. The van der Waals surface area contributed by atoms with Crippen molar-refractivity contribution in [3.05, 3.63) is 102 Å². The highest BCUT2D eigenvalue weighted by Crippen LogP contribution is 2.22. The molecule has 7 nitrogen and oxygen atoms in total. The Kier molecular flexibility index (Phi) is 7.82. The van der Waals surface area contributed by atoms with Crippen LogP contribution in [-0.4, -0.2) is 49.3 Å². The van der Waals surface area contributed by atoms with Crippen molar-refractivity contribution in [1.29, 1.82) is 0 Å². The van der Waals surface area contributed by atoms with Gasteiger partial charge in [-0.1, -0.05) is 72.8 Å². The quantitative estimate of drug-likeness (QED) is 0.495. The van der Waals surface area contributed by atoms with E-state index in [1.54, 1.807) is 29.2 Å². The number of amides is 2. The summed E-state index contributed by atoms with van der Waals surface area (Å²) in [5.41, 5.74) is 2.21. The number of nitrogens with one attached hydrogen (secondary N) is 1. The first-order valence-corrected chi connectivity index (χ1v) is 13.3. The van der Waals surface area contributed by atoms with E-state index in [9.17, 15) is 18.0 Å². The molecule has 0 unspecified atom stereocenters. The van der Waals surface area contributed by atoms with E-state index in [1.807, 2.05) is 60.7 Å². The second-order valence-corrected chi connectivity index (χ2v) is 10.7. The van der Waals surface area contributed by atoms with E-state index in [0.29, 0.717) is 30.8 Å². The number of sulfone groups is 1. The van der Waals surface area contributed by atoms with Gasteiger partial charge in [0.25, 0.3) is 11.8 Å². The molecule has 0 bridgehead atoms. The van der Waals surface area contributed by atoms with Crippen LogP contribution in [-0.2, 0) is 27.7 Å². The van der Waals surface area contributed by atoms with Gasteiger partial charge in [0.05, 0.1) is 17.1 Å². The van der Waals surface area contributed by atoms with E-state index in [4.69, 9.17) is 4.74 Å². The minimum Gasteiger partial charge on any atom is -0.483 e. The lowest BCUT2D eigenvalue weighted by molar-refractivity contribution is -0.136. The maximum atomic E-state index is 13.2. The molecule has 4 rings (SSSR count). The highest BCUT2D eigenvalue weighted by atomic mass is 32.2. The molecule has 1 heterocycles. The molecule has 1 aliphatic heterocycles. The molecule has 1 aliphatic rings. The fraction of sp³-hybridized carbons (Fsp3) is 0.259. The Labute approximate surface area is 205 Å². The smallest absolute Gasteiger partial charge is 0.261 e. The van der Waals surface area contributed by atoms with Gasteiger partial charge in [0.15, 0.2) is 16.4 Å². The molecule has 3 aromatic carbocycles. The van der Waals surface area contributed by atoms with E-state index in [0.717, 1.165) is 11.1 Å². The van der Waals surface area contributed by atoms with Crippen LogP contribution in [0.1, 0.15) is 27.9 Å². The number of hydrogen-bond acceptors (Lipinski definition) is 5. The van der Waals surface area contributed by atoms with Crippen molar-refractivity contribution >= 4 is 21.7 Å². The van der Waals surface area contributed by atoms with Crippen molar-refractivity contribution in [2.75, 3.05) is 18.1 Å². The number of benzene rings is 3. The average molecular weight is 493 g/mol. The van der Waals surface area contributed by atoms with Gasteiger partial charge in [0, 0.05) is 19.1 Å². The minimum atomic E-state index is -3.17. The van der Waals surface area contributed by atoms with Gasteiger partial charge in [0.1, 0.15) is 5.75 Å². The lowest BCUT2D eigenvalue weighted by Crippen LogP contribution is -2.43. The standard InChI is InChI=1S/C27H28N2O5S/c30-26(29(18-22-11-5-2-6-12-22)23-15-16-35(32,33)20-23)19-34-25-14-8-7-13-24(25)27(31)28-17-21-9-3-1-4-10-21/h1-14,23H,15-20H2,(H,28,31)/t23-/m0/s1. The van der Waals surface area contributed by atoms with E-state index in [2.05, 4.69) is 5.32 Å². The van der Waals surface area contributed by atoms with Gasteiger partial charge < -0.3 is 15.0 Å². The fourth-order valence-corrected chi connectivity index (χ4v) is 5.83. The molecule has 2 amide bonds. The van der Waals surface area contributed by atoms with Crippen LogP contribution in [0, 0.1) is 0 Å². The Morgan fingerprint density at radius 1 is 0.886 bits per heavy atom. The van der Waals surface area contributed by atoms with Gasteiger partial charge in [-0.3, -0.25) is 9.59 Å². The third kappa shape index (κ3) is 6.70. The maximum Gasteiger partial charge on any atom is 0.261 e. The molecule has 182 valence electrons. The number of nitrogens with zero attached hydrogens (tertiary/aromatic N) is 1. The van der Waals surface area contributed by atoms with Crippen LogP contribution in [0.3, 0.4) is 0 Å². The summed E-state index contributed by atoms with van der Waals surface area (Å²) in [4.78, 5) is 27.6. The van der Waals surface area contributed by atoms with Crippen LogP contribution in [0.5, 0.6) is 5.75 Å². The number of para-hydroxylation sites is 1. The molecule has 0 saturated carbocycles. The molecule has 1 atom stereocenters. The van der Waals surface area contributed by atoms with Crippen molar-refractivity contribution in [2.24, 2.45) is 0 Å². The number of carbonyl (C=O) groups is 2. The van der Waals surface area contributed by atoms with Gasteiger partial charge in [-0.2, -0.15) is 0 Å². The number of ether oxygens (including phenoxy) is 1. The Balaban J connectivity index is 1.44. The van der Waals surface area contributed by atoms with Crippen LogP contribution in [0.25, 0.3) is 0 Å². The summed E-state index contributed by atoms with van der Waals surface area (Å²) in [7, 11) is -3.17. The van der Waals surface area contributed by atoms with Gasteiger partial charge in [-0.15, -0.1) is 0 Å². The molecule has 0 spiro atoms. The first-order chi connectivity index (χ1) is 16.9. The van der Waals surface area contributed by atoms with Crippen molar-refractivity contribution in [2.45, 2.75) is 25.6 Å². The van der Waals surface area contributed by atoms with Crippen LogP contribution < -0.4 is 10.1 Å². The number of rotatable bonds is 9. The Morgan fingerprint density at radius 3 is 2.17 bits per heavy atom. The third-order valence-electron chi connectivity index (χ3n) is 5.94. The molecule has 8 heteroatoms. The average Bonchev–Trinajstić information content (AvgIpc) is 3.25. The lowest BCUT2D eigenvalue weighted by Gasteiger charge is -2.28. The molecule has 1 fully saturated rings. The first kappa shape index (κ1) is 24.5. The number of hydrogen-bond donors (Lipinski definition) is 1. The largest absolute Gasteiger partial charge is 0.483 e. The molecule has 1 N–H and O–H groups in total. The van der Waals surface area contributed by atoms with E-state index >= 15 is 0 Å². The van der Waals surface area contributed by atoms with Gasteiger partial charge in [-0.05, 0) is 29.7 Å². The topological polar surface area (TPSA) is 92.8 Å². The molecule has 35 heavy (non-hydrogen) atoms. The SMILES string of the molecule is O=C(NCc1ccccc1)c1ccccc1OCC(=O)N(Cc1ccccc1)[C@H]1CCS(=O)(=O)C1. The van der Waals surface area contributed by atoms with Crippen LogP contribution >= 0.6 is 0 Å². The van der Waals surface area contributed by atoms with Crippen LogP contribution in [0.2, 0.25) is 0 Å². The van der Waals surface area contributed by atoms with Crippen LogP contribution in [0.15, 0.2) is 84.9 Å². The zero-order valence-electron chi connectivity index (χ0n) is 19.3. The lowest BCUT2D eigenvalue weighted by atomic mass is 10.1. The predicted octanol–water partition coefficient (Wildman–Crippen LogP) is 3.21. The first-order valence-electron chi connectivity index (χ1n) is 11.5. The summed E-state index contributed by atoms with van der Waals surface area (Å²) in [5, 5.41) is 2.87. The zero-order valence-corrected chi connectivity index (χ0v) is 20.1. The monoisotopic (exact) mass is 492 g/mol. The maximum absolute atomic E-state index is 13.2. The highest BCUT2D eigenvalue weighted by molar-refractivity contribution is 7.91. The van der Waals surface area contributed by atoms with Crippen molar-refractivity contribution < 1.29 is 22.7 Å². The number of carbonyl (C=O) groups excluding carboxylic acids is 2. The summed E-state index contributed by atoms with van der Waals surface area (Å²) in [6.45, 7) is 0.364. The van der Waals surface area contributed by atoms with Crippen molar-refractivity contribution in [1.82, 2.24) is 10.2 Å². The van der Waals surface area contributed by atoms with Gasteiger partial charge in [-0.25, -0.2) is 8.42 Å². The van der Waals surface area contributed by atoms with E-state index < -0.39 is 15.9 Å². The van der Waals surface area contributed by atoms with Crippen molar-refractivity contribution in [3.8, 4) is 5.75 Å². The van der Waals surface area contributed by atoms with Crippen molar-refractivity contribution in [3.63, 3.8) is 0 Å². The summed E-state index contributed by atoms with van der Waals surface area (Å²) in [6, 6.07) is 25.4. The molecule has 3 aromatic rings. The summed E-state index contributed by atoms with van der Waals surface area (Å²) in [5.74, 6) is -0.313. The normalized spacial score (nSPS) is 16.4. The highest BCUT2D eigenvalue weighted by Gasteiger charge is 2.35. The zero-order chi connectivity index (χ0) is 24.7. The predicted molar refractivity (Wildman–Crippen MR) is 134 cm³/mol. The molecular formula is C27H28N2O5S. The van der Waals surface area contributed by atoms with Gasteiger partial charge >= 0.3 is 0 Å². The van der Waals surface area contributed by atoms with Crippen LogP contribution in [0.4, 0.5) is 0 Å². The Hall–Kier alpha value is -3.65. The summed E-state index contributed by atoms with van der Waals surface area (Å²) < 4.78 is 29.9. The molecule has 0 aliphatic carbocycles. The fourth-order valence-electron chi connectivity index (χ4n) is 4.10. The second kappa shape index (κ2) is 11.2. The minimum absolute atomic E-state index is 0.0515. The Bertz CT molecular complexity index is 1260. The summed E-state index contributed by atoms with van der Waals surface area (Å²) >= 11 is 0. The molecule has 0 aromatic heterocycles. The van der Waals surface area contributed by atoms with Gasteiger partial charge in [0.2, 0.25) is 0 Å². The third-order valence-corrected chi connectivity index (χ3v) is 7.69. The Morgan fingerprint density at radius 2 is 1.51 bits per heavy atom. The van der Waals surface area contributed by atoms with E-state index in [-0.39, 0.29) is 29.9 Å². The second-order valence-electron chi connectivity index (χ2n) is 8.52. The summed E-state index contributed by atoms with van der Waals surface area (Å²) in [6.07, 6.45) is 0.402. The molecule has 0 radical (unpaired) electrons. The molecular weight excluding hydrogens is 464 g/mol.